The van der Waals surface area contributed by atoms with Crippen molar-refractivity contribution in [1.82, 2.24) is 14.9 Å². The summed E-state index contributed by atoms with van der Waals surface area (Å²) in [7, 11) is 0. The van der Waals surface area contributed by atoms with E-state index in [1.807, 2.05) is 11.0 Å². The van der Waals surface area contributed by atoms with E-state index in [1.165, 1.54) is 19.3 Å². The topological polar surface area (TPSA) is 58.1 Å². The summed E-state index contributed by atoms with van der Waals surface area (Å²) in [4.78, 5) is 22.9. The van der Waals surface area contributed by atoms with Gasteiger partial charge in [0.05, 0.1) is 6.54 Å². The van der Waals surface area contributed by atoms with Crippen LogP contribution < -0.4 is 5.32 Å². The molecule has 5 nitrogen and oxygen atoms in total. The Morgan fingerprint density at radius 3 is 2.75 bits per heavy atom. The maximum absolute atomic E-state index is 12.1. The minimum atomic E-state index is 0.160. The van der Waals surface area contributed by atoms with Gasteiger partial charge < -0.3 is 10.2 Å². The molecule has 6 heteroatoms. The monoisotopic (exact) mass is 338 g/mol. The molecule has 0 unspecified atom stereocenters. The molecule has 1 saturated carbocycles. The van der Waals surface area contributed by atoms with Gasteiger partial charge in [-0.3, -0.25) is 4.79 Å². The number of nitrogens with zero attached hydrogens (tertiary/aromatic N) is 3. The lowest BCUT2D eigenvalue weighted by Crippen LogP contribution is -2.39. The maximum atomic E-state index is 12.1. The minimum absolute atomic E-state index is 0.160. The van der Waals surface area contributed by atoms with Gasteiger partial charge in [0.1, 0.15) is 16.2 Å². The van der Waals surface area contributed by atoms with E-state index in [4.69, 9.17) is 0 Å². The van der Waals surface area contributed by atoms with Crippen molar-refractivity contribution in [2.75, 3.05) is 25.0 Å². The molecule has 2 heterocycles. The summed E-state index contributed by atoms with van der Waals surface area (Å²) >= 11 is 3.41. The van der Waals surface area contributed by atoms with Crippen molar-refractivity contribution in [2.24, 2.45) is 0 Å². The van der Waals surface area contributed by atoms with Gasteiger partial charge in [-0.25, -0.2) is 9.97 Å². The van der Waals surface area contributed by atoms with E-state index in [0.717, 1.165) is 42.2 Å². The number of amides is 1. The van der Waals surface area contributed by atoms with Crippen LogP contribution in [0.25, 0.3) is 0 Å². The molecule has 1 aliphatic heterocycles. The summed E-state index contributed by atoms with van der Waals surface area (Å²) in [5, 5.41) is 3.13. The molecular formula is C14H19BrN4O. The second kappa shape index (κ2) is 6.08. The van der Waals surface area contributed by atoms with Crippen LogP contribution in [0.3, 0.4) is 0 Å². The zero-order valence-corrected chi connectivity index (χ0v) is 13.0. The third kappa shape index (κ3) is 3.48. The fourth-order valence-electron chi connectivity index (χ4n) is 2.47. The van der Waals surface area contributed by atoms with Crippen LogP contribution in [0.5, 0.6) is 0 Å². The Hall–Kier alpha value is -1.17. The van der Waals surface area contributed by atoms with Crippen molar-refractivity contribution in [3.05, 3.63) is 16.5 Å². The van der Waals surface area contributed by atoms with Crippen molar-refractivity contribution in [2.45, 2.75) is 38.0 Å². The fourth-order valence-corrected chi connectivity index (χ4v) is 2.87. The summed E-state index contributed by atoms with van der Waals surface area (Å²) in [6, 6.07) is 1.83. The van der Waals surface area contributed by atoms with Crippen molar-refractivity contribution in [1.29, 1.82) is 0 Å². The van der Waals surface area contributed by atoms with Crippen LogP contribution in [0.15, 0.2) is 10.7 Å². The number of carbonyl (C=O) groups excluding carboxylic acids is 1. The summed E-state index contributed by atoms with van der Waals surface area (Å²) in [5.74, 6) is 2.28. The van der Waals surface area contributed by atoms with E-state index in [2.05, 4.69) is 31.2 Å². The van der Waals surface area contributed by atoms with E-state index in [0.29, 0.717) is 12.5 Å². The number of nitrogens with one attached hydrogen (secondary N) is 1. The number of hydrogen-bond donors (Lipinski definition) is 1. The van der Waals surface area contributed by atoms with E-state index < -0.39 is 0 Å². The molecule has 0 radical (unpaired) electrons. The standard InChI is InChI=1S/C14H19BrN4O/c15-11-8-12(18-14(17-11)10-4-5-10)16-9-13(20)19-6-2-1-3-7-19/h8,10H,1-7,9H2,(H,16,17,18). The summed E-state index contributed by atoms with van der Waals surface area (Å²) < 4.78 is 0.780. The number of likely N-dealkylation sites (tertiary alicyclic amines) is 1. The average molecular weight is 339 g/mol. The second-order valence-electron chi connectivity index (χ2n) is 5.50. The highest BCUT2D eigenvalue weighted by molar-refractivity contribution is 9.10. The number of aromatic nitrogens is 2. The van der Waals surface area contributed by atoms with Crippen LogP contribution >= 0.6 is 15.9 Å². The SMILES string of the molecule is O=C(CNc1cc(Br)nc(C2CC2)n1)N1CCCCC1. The summed E-state index contributed by atoms with van der Waals surface area (Å²) in [6.07, 6.45) is 5.82. The van der Waals surface area contributed by atoms with Crippen molar-refractivity contribution >= 4 is 27.7 Å². The minimum Gasteiger partial charge on any atom is -0.361 e. The Bertz CT molecular complexity index is 498. The highest BCUT2D eigenvalue weighted by Crippen LogP contribution is 2.38. The average Bonchev–Trinajstić information content (AvgIpc) is 3.30. The van der Waals surface area contributed by atoms with Gasteiger partial charge in [0, 0.05) is 25.1 Å². The lowest BCUT2D eigenvalue weighted by Gasteiger charge is -2.26. The first-order valence-corrected chi connectivity index (χ1v) is 8.08. The van der Waals surface area contributed by atoms with E-state index in [-0.39, 0.29) is 5.91 Å². The number of halogens is 1. The van der Waals surface area contributed by atoms with Gasteiger partial charge in [-0.15, -0.1) is 0 Å². The van der Waals surface area contributed by atoms with Crippen LogP contribution in [-0.4, -0.2) is 40.4 Å². The molecule has 3 rings (SSSR count). The molecule has 1 saturated heterocycles. The predicted molar refractivity (Wildman–Crippen MR) is 80.6 cm³/mol. The Kier molecular flexibility index (Phi) is 4.19. The van der Waals surface area contributed by atoms with Crippen LogP contribution in [0.1, 0.15) is 43.8 Å². The first kappa shape index (κ1) is 13.8. The molecule has 0 aromatic carbocycles. The number of anilines is 1. The van der Waals surface area contributed by atoms with Gasteiger partial charge in [-0.1, -0.05) is 0 Å². The van der Waals surface area contributed by atoms with Gasteiger partial charge in [-0.05, 0) is 48.0 Å². The molecule has 1 aromatic heterocycles. The molecule has 0 atom stereocenters. The van der Waals surface area contributed by atoms with Gasteiger partial charge in [0.2, 0.25) is 5.91 Å². The van der Waals surface area contributed by atoms with E-state index in [9.17, 15) is 4.79 Å². The quantitative estimate of drug-likeness (QED) is 0.857. The molecule has 2 aliphatic rings. The molecule has 1 N–H and O–H groups in total. The van der Waals surface area contributed by atoms with Crippen LogP contribution in [-0.2, 0) is 4.79 Å². The molecular weight excluding hydrogens is 320 g/mol. The van der Waals surface area contributed by atoms with Gasteiger partial charge in [0.15, 0.2) is 0 Å². The highest BCUT2D eigenvalue weighted by atomic mass is 79.9. The highest BCUT2D eigenvalue weighted by Gasteiger charge is 2.27. The molecule has 1 aromatic rings. The molecule has 0 bridgehead atoms. The smallest absolute Gasteiger partial charge is 0.241 e. The number of piperidine rings is 1. The third-order valence-corrected chi connectivity index (χ3v) is 4.19. The fraction of sp³-hybridized carbons (Fsp3) is 0.643. The number of carbonyl (C=O) groups is 1. The molecule has 20 heavy (non-hydrogen) atoms. The van der Waals surface area contributed by atoms with Crippen LogP contribution in [0.4, 0.5) is 5.82 Å². The Morgan fingerprint density at radius 1 is 1.30 bits per heavy atom. The van der Waals surface area contributed by atoms with E-state index >= 15 is 0 Å². The molecule has 0 spiro atoms. The van der Waals surface area contributed by atoms with Crippen molar-refractivity contribution in [3.8, 4) is 0 Å². The molecule has 2 fully saturated rings. The molecule has 108 valence electrons. The normalized spacial score (nSPS) is 18.9. The maximum Gasteiger partial charge on any atom is 0.241 e. The predicted octanol–water partition coefficient (Wildman–Crippen LogP) is 2.54. The van der Waals surface area contributed by atoms with Gasteiger partial charge in [-0.2, -0.15) is 0 Å². The van der Waals surface area contributed by atoms with Gasteiger partial charge >= 0.3 is 0 Å². The summed E-state index contributed by atoms with van der Waals surface area (Å²) in [5.41, 5.74) is 0. The van der Waals surface area contributed by atoms with Crippen molar-refractivity contribution in [3.63, 3.8) is 0 Å². The first-order valence-electron chi connectivity index (χ1n) is 7.28. The second-order valence-corrected chi connectivity index (χ2v) is 6.32. The first-order chi connectivity index (χ1) is 9.72. The Balaban J connectivity index is 1.58. The summed E-state index contributed by atoms with van der Waals surface area (Å²) in [6.45, 7) is 2.09. The Morgan fingerprint density at radius 2 is 2.05 bits per heavy atom. The Labute approximate surface area is 127 Å². The zero-order valence-electron chi connectivity index (χ0n) is 11.4. The molecule has 1 amide bonds. The lowest BCUT2D eigenvalue weighted by molar-refractivity contribution is -0.130. The van der Waals surface area contributed by atoms with Crippen LogP contribution in [0, 0.1) is 0 Å². The lowest BCUT2D eigenvalue weighted by atomic mass is 10.1. The zero-order chi connectivity index (χ0) is 13.9. The van der Waals surface area contributed by atoms with E-state index in [1.54, 1.807) is 0 Å². The number of hydrogen-bond acceptors (Lipinski definition) is 4. The third-order valence-electron chi connectivity index (χ3n) is 3.78. The molecule has 1 aliphatic carbocycles. The van der Waals surface area contributed by atoms with Gasteiger partial charge in [0.25, 0.3) is 0 Å². The van der Waals surface area contributed by atoms with Crippen molar-refractivity contribution < 1.29 is 4.79 Å². The largest absolute Gasteiger partial charge is 0.361 e. The van der Waals surface area contributed by atoms with Crippen LogP contribution in [0.2, 0.25) is 0 Å². The number of rotatable bonds is 4.